The van der Waals surface area contributed by atoms with Gasteiger partial charge in [0.25, 0.3) is 0 Å². The largest absolute Gasteiger partial charge is 0.493 e. The van der Waals surface area contributed by atoms with E-state index in [2.05, 4.69) is 25.6 Å². The van der Waals surface area contributed by atoms with Crippen molar-refractivity contribution < 1.29 is 9.53 Å². The lowest BCUT2D eigenvalue weighted by atomic mass is 10.0. The number of allylic oxidation sites excluding steroid dienone is 1. The summed E-state index contributed by atoms with van der Waals surface area (Å²) < 4.78 is 6.13. The SMILES string of the molecule is CCCCCCCCCCCCCCCCCCCCCCSC(CCC)CCCOc1ccccc1C(=O)C=Cc1ccccc1. The minimum absolute atomic E-state index is 0.0151. The molecule has 0 amide bonds. The van der Waals surface area contributed by atoms with Crippen molar-refractivity contribution in [3.05, 3.63) is 71.8 Å². The molecule has 0 N–H and O–H groups in total. The molecular weight excluding hydrogens is 593 g/mol. The molecule has 0 aromatic heterocycles. The van der Waals surface area contributed by atoms with E-state index in [1.54, 1.807) is 6.08 Å². The van der Waals surface area contributed by atoms with Crippen molar-refractivity contribution in [3.8, 4) is 5.75 Å². The predicted molar refractivity (Wildman–Crippen MR) is 210 cm³/mol. The van der Waals surface area contributed by atoms with E-state index in [9.17, 15) is 4.79 Å². The Morgan fingerprint density at radius 1 is 0.596 bits per heavy atom. The maximum Gasteiger partial charge on any atom is 0.189 e. The minimum Gasteiger partial charge on any atom is -0.493 e. The minimum atomic E-state index is -0.0151. The number of benzene rings is 2. The van der Waals surface area contributed by atoms with E-state index in [0.29, 0.717) is 17.9 Å². The number of hydrogen-bond acceptors (Lipinski definition) is 3. The summed E-state index contributed by atoms with van der Waals surface area (Å²) in [5, 5.41) is 0.717. The number of carbonyl (C=O) groups excluding carboxylic acids is 1. The third-order valence-electron chi connectivity index (χ3n) is 9.27. The Balaban J connectivity index is 1.43. The highest BCUT2D eigenvalue weighted by Crippen LogP contribution is 2.25. The van der Waals surface area contributed by atoms with E-state index in [4.69, 9.17) is 4.74 Å². The van der Waals surface area contributed by atoms with Crippen LogP contribution in [0.4, 0.5) is 0 Å². The monoisotopic (exact) mass is 663 g/mol. The number of para-hydroxylation sites is 1. The second-order valence-electron chi connectivity index (χ2n) is 13.6. The fourth-order valence-electron chi connectivity index (χ4n) is 6.36. The van der Waals surface area contributed by atoms with Crippen LogP contribution in [0.5, 0.6) is 5.75 Å². The third-order valence-corrected chi connectivity index (χ3v) is 10.7. The van der Waals surface area contributed by atoms with Crippen LogP contribution in [0.25, 0.3) is 6.08 Å². The maximum atomic E-state index is 12.9. The highest BCUT2D eigenvalue weighted by molar-refractivity contribution is 7.99. The average molecular weight is 663 g/mol. The molecule has 0 fully saturated rings. The van der Waals surface area contributed by atoms with Gasteiger partial charge in [0, 0.05) is 5.25 Å². The van der Waals surface area contributed by atoms with Crippen LogP contribution in [0.3, 0.4) is 0 Å². The Hall–Kier alpha value is -2.00. The maximum absolute atomic E-state index is 12.9. The van der Waals surface area contributed by atoms with Gasteiger partial charge >= 0.3 is 0 Å². The number of ether oxygens (including phenoxy) is 1. The standard InChI is InChI=1S/C44H70O2S/c1-3-5-6-7-8-9-10-11-12-13-14-15-16-17-18-19-20-21-22-28-39-47-41(30-4-2)33-29-38-46-44-35-27-26-34-42(44)43(45)37-36-40-31-24-23-25-32-40/h23-27,31-32,34-37,41H,3-22,28-30,33,38-39H2,1-2H3. The van der Waals surface area contributed by atoms with Crippen molar-refractivity contribution >= 4 is 23.6 Å². The Bertz CT molecular complexity index is 1020. The molecule has 0 bridgehead atoms. The number of thioether (sulfide) groups is 1. The molecule has 2 aromatic carbocycles. The number of rotatable bonds is 32. The molecule has 0 radical (unpaired) electrons. The zero-order valence-electron chi connectivity index (χ0n) is 30.5. The molecule has 0 heterocycles. The lowest BCUT2D eigenvalue weighted by Gasteiger charge is -2.16. The molecule has 2 aromatic rings. The molecule has 0 aliphatic rings. The van der Waals surface area contributed by atoms with Gasteiger partial charge in [-0.1, -0.05) is 191 Å². The summed E-state index contributed by atoms with van der Waals surface area (Å²) >= 11 is 2.18. The van der Waals surface area contributed by atoms with E-state index in [1.807, 2.05) is 60.7 Å². The van der Waals surface area contributed by atoms with E-state index in [0.717, 1.165) is 17.2 Å². The highest BCUT2D eigenvalue weighted by atomic mass is 32.2. The van der Waals surface area contributed by atoms with E-state index in [1.165, 1.54) is 153 Å². The Labute approximate surface area is 295 Å². The van der Waals surface area contributed by atoms with Gasteiger partial charge in [0.2, 0.25) is 0 Å². The number of carbonyl (C=O) groups is 1. The summed E-state index contributed by atoms with van der Waals surface area (Å²) in [4.78, 5) is 12.9. The van der Waals surface area contributed by atoms with Gasteiger partial charge in [0.1, 0.15) is 5.75 Å². The quantitative estimate of drug-likeness (QED) is 0.0443. The third kappa shape index (κ3) is 22.3. The molecule has 0 spiro atoms. The molecule has 3 heteroatoms. The van der Waals surface area contributed by atoms with E-state index in [-0.39, 0.29) is 5.78 Å². The fraction of sp³-hybridized carbons (Fsp3) is 0.659. The lowest BCUT2D eigenvalue weighted by Crippen LogP contribution is -2.08. The summed E-state index contributed by atoms with van der Waals surface area (Å²) in [6.45, 7) is 5.26. The molecule has 264 valence electrons. The van der Waals surface area contributed by atoms with Gasteiger partial charge < -0.3 is 4.74 Å². The normalized spacial score (nSPS) is 12.1. The van der Waals surface area contributed by atoms with Crippen LogP contribution in [-0.4, -0.2) is 23.4 Å². The predicted octanol–water partition coefficient (Wildman–Crippen LogP) is 14.5. The first kappa shape index (κ1) is 41.2. The number of unbranched alkanes of at least 4 members (excludes halogenated alkanes) is 19. The lowest BCUT2D eigenvalue weighted by molar-refractivity contribution is 0.104. The number of ketones is 1. The van der Waals surface area contributed by atoms with Crippen LogP contribution in [0.2, 0.25) is 0 Å². The van der Waals surface area contributed by atoms with Gasteiger partial charge in [0.15, 0.2) is 5.78 Å². The summed E-state index contributed by atoms with van der Waals surface area (Å²) in [5.41, 5.74) is 1.66. The van der Waals surface area contributed by atoms with Gasteiger partial charge in [-0.3, -0.25) is 4.79 Å². The summed E-state index contributed by atoms with van der Waals surface area (Å²) in [6.07, 6.45) is 37.0. The first-order chi connectivity index (χ1) is 23.2. The molecule has 2 rings (SSSR count). The van der Waals surface area contributed by atoms with Crippen molar-refractivity contribution in [2.75, 3.05) is 12.4 Å². The van der Waals surface area contributed by atoms with Gasteiger partial charge in [-0.05, 0) is 55.2 Å². The van der Waals surface area contributed by atoms with Crippen LogP contribution < -0.4 is 4.74 Å². The molecular formula is C44H70O2S. The van der Waals surface area contributed by atoms with Crippen molar-refractivity contribution in [3.63, 3.8) is 0 Å². The molecule has 1 unspecified atom stereocenters. The van der Waals surface area contributed by atoms with Gasteiger partial charge in [0.05, 0.1) is 12.2 Å². The second kappa shape index (κ2) is 30.1. The van der Waals surface area contributed by atoms with Crippen LogP contribution in [0.15, 0.2) is 60.7 Å². The van der Waals surface area contributed by atoms with E-state index >= 15 is 0 Å². The molecule has 1 atom stereocenters. The van der Waals surface area contributed by atoms with Crippen LogP contribution in [0.1, 0.15) is 184 Å². The van der Waals surface area contributed by atoms with Gasteiger partial charge in [-0.15, -0.1) is 0 Å². The Morgan fingerprint density at radius 3 is 1.66 bits per heavy atom. The molecule has 0 saturated heterocycles. The summed E-state index contributed by atoms with van der Waals surface area (Å²) in [5.74, 6) is 1.97. The van der Waals surface area contributed by atoms with Crippen molar-refractivity contribution in [2.24, 2.45) is 0 Å². The molecule has 47 heavy (non-hydrogen) atoms. The van der Waals surface area contributed by atoms with Gasteiger partial charge in [-0.25, -0.2) is 0 Å². The van der Waals surface area contributed by atoms with Crippen LogP contribution in [-0.2, 0) is 0 Å². The number of hydrogen-bond donors (Lipinski definition) is 0. The van der Waals surface area contributed by atoms with Crippen LogP contribution >= 0.6 is 11.8 Å². The van der Waals surface area contributed by atoms with Crippen molar-refractivity contribution in [2.45, 2.75) is 173 Å². The first-order valence-electron chi connectivity index (χ1n) is 19.9. The summed E-state index contributed by atoms with van der Waals surface area (Å²) in [7, 11) is 0. The average Bonchev–Trinajstić information content (AvgIpc) is 3.10. The molecule has 0 saturated carbocycles. The summed E-state index contributed by atoms with van der Waals surface area (Å²) in [6, 6.07) is 17.6. The zero-order valence-corrected chi connectivity index (χ0v) is 31.4. The van der Waals surface area contributed by atoms with Crippen molar-refractivity contribution in [1.29, 1.82) is 0 Å². The molecule has 0 aliphatic carbocycles. The first-order valence-corrected chi connectivity index (χ1v) is 20.9. The Morgan fingerprint density at radius 2 is 1.11 bits per heavy atom. The zero-order chi connectivity index (χ0) is 33.5. The highest BCUT2D eigenvalue weighted by Gasteiger charge is 2.11. The smallest absolute Gasteiger partial charge is 0.189 e. The van der Waals surface area contributed by atoms with Gasteiger partial charge in [-0.2, -0.15) is 11.8 Å². The fourth-order valence-corrected chi connectivity index (χ4v) is 7.80. The molecule has 0 aliphatic heterocycles. The molecule has 2 nitrogen and oxygen atoms in total. The van der Waals surface area contributed by atoms with E-state index < -0.39 is 0 Å². The van der Waals surface area contributed by atoms with Crippen molar-refractivity contribution in [1.82, 2.24) is 0 Å². The second-order valence-corrected chi connectivity index (χ2v) is 15.0. The van der Waals surface area contributed by atoms with Crippen LogP contribution in [0, 0.1) is 0 Å². The topological polar surface area (TPSA) is 26.3 Å². The Kier molecular flexibility index (Phi) is 26.4.